The van der Waals surface area contributed by atoms with Gasteiger partial charge in [0.25, 0.3) is 5.56 Å². The molecule has 1 aromatic heterocycles. The number of aryl methyl sites for hydroxylation is 1. The fourth-order valence-corrected chi connectivity index (χ4v) is 4.03. The summed E-state index contributed by atoms with van der Waals surface area (Å²) in [6.07, 6.45) is 6.05. The normalized spacial score (nSPS) is 13.4. The van der Waals surface area contributed by atoms with Crippen LogP contribution in [0.15, 0.2) is 59.4 Å². The van der Waals surface area contributed by atoms with Gasteiger partial charge in [-0.1, -0.05) is 42.3 Å². The number of terminal acetylenes is 1. The van der Waals surface area contributed by atoms with Crippen molar-refractivity contribution >= 4 is 17.5 Å². The highest BCUT2D eigenvalue weighted by Crippen LogP contribution is 2.21. The van der Waals surface area contributed by atoms with Gasteiger partial charge in [0, 0.05) is 42.0 Å². The Bertz CT molecular complexity index is 1240. The van der Waals surface area contributed by atoms with Crippen LogP contribution in [0.3, 0.4) is 0 Å². The molecule has 2 heterocycles. The van der Waals surface area contributed by atoms with Crippen LogP contribution in [0.1, 0.15) is 28.8 Å². The number of anilines is 2. The molecule has 0 saturated carbocycles. The van der Waals surface area contributed by atoms with E-state index >= 15 is 0 Å². The number of carbonyl (C=O) groups excluding carboxylic acids is 1. The number of benzene rings is 2. The van der Waals surface area contributed by atoms with Crippen molar-refractivity contribution in [2.45, 2.75) is 26.3 Å². The van der Waals surface area contributed by atoms with E-state index in [0.717, 1.165) is 11.3 Å². The smallest absolute Gasteiger partial charge is 0.255 e. The van der Waals surface area contributed by atoms with Crippen LogP contribution < -0.4 is 15.4 Å². The highest BCUT2D eigenvalue weighted by molar-refractivity contribution is 5.93. The molecule has 7 nitrogen and oxygen atoms in total. The Morgan fingerprint density at radius 2 is 1.94 bits per heavy atom. The molecular formula is C27H28N4O3. The molecule has 2 aromatic carbocycles. The summed E-state index contributed by atoms with van der Waals surface area (Å²) in [6, 6.07) is 17.2. The summed E-state index contributed by atoms with van der Waals surface area (Å²) < 4.78 is 5.37. The van der Waals surface area contributed by atoms with E-state index in [1.807, 2.05) is 66.4 Å². The van der Waals surface area contributed by atoms with Gasteiger partial charge in [-0.15, -0.1) is 6.42 Å². The maximum Gasteiger partial charge on any atom is 0.255 e. The third-order valence-electron chi connectivity index (χ3n) is 5.92. The molecule has 0 atom stereocenters. The van der Waals surface area contributed by atoms with Crippen LogP contribution in [0.2, 0.25) is 0 Å². The van der Waals surface area contributed by atoms with Gasteiger partial charge in [0.1, 0.15) is 0 Å². The van der Waals surface area contributed by atoms with Crippen LogP contribution in [0.5, 0.6) is 0 Å². The number of amides is 1. The van der Waals surface area contributed by atoms with Crippen molar-refractivity contribution in [1.29, 1.82) is 0 Å². The molecule has 1 aliphatic heterocycles. The number of hydrogen-bond donors (Lipinski definition) is 1. The van der Waals surface area contributed by atoms with Crippen molar-refractivity contribution in [3.8, 4) is 12.3 Å². The highest BCUT2D eigenvalue weighted by atomic mass is 16.5. The molecule has 0 aliphatic carbocycles. The van der Waals surface area contributed by atoms with Crippen molar-refractivity contribution < 1.29 is 9.53 Å². The summed E-state index contributed by atoms with van der Waals surface area (Å²) in [5, 5.41) is 0. The number of nitrogens with one attached hydrogen (secondary N) is 1. The van der Waals surface area contributed by atoms with E-state index in [9.17, 15) is 9.59 Å². The summed E-state index contributed by atoms with van der Waals surface area (Å²) >= 11 is 0. The highest BCUT2D eigenvalue weighted by Gasteiger charge is 2.20. The number of morpholine rings is 1. The van der Waals surface area contributed by atoms with Gasteiger partial charge < -0.3 is 14.5 Å². The molecule has 0 bridgehead atoms. The SMILES string of the molecule is C#Cc1cccc(N(Cc2ccccc2)C(=O)CCc2c(C)nc(N3CCOCC3)[nH]c2=O)c1. The molecule has 174 valence electrons. The first-order valence-electron chi connectivity index (χ1n) is 11.4. The molecule has 1 saturated heterocycles. The van der Waals surface area contributed by atoms with E-state index in [1.165, 1.54) is 0 Å². The predicted octanol–water partition coefficient (Wildman–Crippen LogP) is 3.06. The molecule has 0 spiro atoms. The van der Waals surface area contributed by atoms with E-state index in [1.54, 1.807) is 4.90 Å². The van der Waals surface area contributed by atoms with Crippen LogP contribution >= 0.6 is 0 Å². The molecule has 1 N–H and O–H groups in total. The Kier molecular flexibility index (Phi) is 7.41. The summed E-state index contributed by atoms with van der Waals surface area (Å²) in [4.78, 5) is 37.4. The van der Waals surface area contributed by atoms with Gasteiger partial charge in [-0.3, -0.25) is 14.6 Å². The summed E-state index contributed by atoms with van der Waals surface area (Å²) in [7, 11) is 0. The molecule has 0 unspecified atom stereocenters. The van der Waals surface area contributed by atoms with Gasteiger partial charge >= 0.3 is 0 Å². The average molecular weight is 457 g/mol. The Morgan fingerprint density at radius 1 is 1.18 bits per heavy atom. The Balaban J connectivity index is 1.53. The molecule has 1 amide bonds. The lowest BCUT2D eigenvalue weighted by Gasteiger charge is -2.27. The number of ether oxygens (including phenoxy) is 1. The van der Waals surface area contributed by atoms with Gasteiger partial charge in [-0.05, 0) is 37.1 Å². The third kappa shape index (κ3) is 5.53. The number of nitrogens with zero attached hydrogens (tertiary/aromatic N) is 3. The molecule has 4 rings (SSSR count). The lowest BCUT2D eigenvalue weighted by molar-refractivity contribution is -0.118. The van der Waals surface area contributed by atoms with E-state index in [2.05, 4.69) is 15.9 Å². The minimum Gasteiger partial charge on any atom is -0.378 e. The van der Waals surface area contributed by atoms with Gasteiger partial charge in [0.15, 0.2) is 0 Å². The van der Waals surface area contributed by atoms with Gasteiger partial charge in [0.05, 0.1) is 19.8 Å². The van der Waals surface area contributed by atoms with Crippen LogP contribution in [-0.2, 0) is 22.5 Å². The van der Waals surface area contributed by atoms with Crippen LogP contribution in [0, 0.1) is 19.3 Å². The second-order valence-corrected chi connectivity index (χ2v) is 8.21. The van der Waals surface area contributed by atoms with Crippen molar-refractivity contribution in [3.63, 3.8) is 0 Å². The first-order valence-corrected chi connectivity index (χ1v) is 11.4. The maximum absolute atomic E-state index is 13.4. The van der Waals surface area contributed by atoms with E-state index in [0.29, 0.717) is 62.0 Å². The molecule has 7 heteroatoms. The second kappa shape index (κ2) is 10.8. The first-order chi connectivity index (χ1) is 16.5. The molecule has 1 fully saturated rings. The fraction of sp³-hybridized carbons (Fsp3) is 0.296. The van der Waals surface area contributed by atoms with Crippen LogP contribution in [-0.4, -0.2) is 42.2 Å². The van der Waals surface area contributed by atoms with Crippen LogP contribution in [0.4, 0.5) is 11.6 Å². The van der Waals surface area contributed by atoms with Gasteiger partial charge in [-0.25, -0.2) is 4.98 Å². The van der Waals surface area contributed by atoms with E-state index in [4.69, 9.17) is 11.2 Å². The summed E-state index contributed by atoms with van der Waals surface area (Å²) in [6.45, 7) is 4.82. The maximum atomic E-state index is 13.4. The van der Waals surface area contributed by atoms with E-state index in [-0.39, 0.29) is 17.9 Å². The average Bonchev–Trinajstić information content (AvgIpc) is 2.87. The number of aromatic amines is 1. The molecule has 34 heavy (non-hydrogen) atoms. The molecule has 0 radical (unpaired) electrons. The Labute approximate surface area is 199 Å². The lowest BCUT2D eigenvalue weighted by Crippen LogP contribution is -2.38. The van der Waals surface area contributed by atoms with Crippen molar-refractivity contribution in [3.05, 3.63) is 87.3 Å². The minimum atomic E-state index is -0.203. The lowest BCUT2D eigenvalue weighted by atomic mass is 10.1. The number of H-pyrrole nitrogens is 1. The van der Waals surface area contributed by atoms with E-state index < -0.39 is 0 Å². The first kappa shape index (κ1) is 23.3. The summed E-state index contributed by atoms with van der Waals surface area (Å²) in [5.41, 5.74) is 3.41. The molecular weight excluding hydrogens is 428 g/mol. The monoisotopic (exact) mass is 456 g/mol. The largest absolute Gasteiger partial charge is 0.378 e. The third-order valence-corrected chi connectivity index (χ3v) is 5.92. The fourth-order valence-electron chi connectivity index (χ4n) is 4.03. The predicted molar refractivity (Wildman–Crippen MR) is 133 cm³/mol. The quantitative estimate of drug-likeness (QED) is 0.553. The standard InChI is InChI=1S/C27H28N4O3/c1-3-21-10-7-11-23(18-21)31(19-22-8-5-4-6-9-22)25(32)13-12-24-20(2)28-27(29-26(24)33)30-14-16-34-17-15-30/h1,4-11,18H,12-17,19H2,2H3,(H,28,29,33). The van der Waals surface area contributed by atoms with Crippen molar-refractivity contribution in [2.75, 3.05) is 36.1 Å². The Morgan fingerprint density at radius 3 is 2.65 bits per heavy atom. The second-order valence-electron chi connectivity index (χ2n) is 8.21. The molecule has 1 aliphatic rings. The number of hydrogen-bond acceptors (Lipinski definition) is 5. The topological polar surface area (TPSA) is 78.5 Å². The summed E-state index contributed by atoms with van der Waals surface area (Å²) in [5.74, 6) is 3.09. The van der Waals surface area contributed by atoms with Crippen molar-refractivity contribution in [2.24, 2.45) is 0 Å². The zero-order chi connectivity index (χ0) is 23.9. The zero-order valence-electron chi connectivity index (χ0n) is 19.3. The van der Waals surface area contributed by atoms with Crippen LogP contribution in [0.25, 0.3) is 0 Å². The number of carbonyl (C=O) groups is 1. The van der Waals surface area contributed by atoms with Gasteiger partial charge in [-0.2, -0.15) is 0 Å². The zero-order valence-corrected chi connectivity index (χ0v) is 19.3. The Hall–Kier alpha value is -3.89. The van der Waals surface area contributed by atoms with Gasteiger partial charge in [0.2, 0.25) is 11.9 Å². The molecule has 3 aromatic rings. The van der Waals surface area contributed by atoms with Crippen molar-refractivity contribution in [1.82, 2.24) is 9.97 Å². The number of aromatic nitrogens is 2. The number of rotatable bonds is 7. The minimum absolute atomic E-state index is 0.0888.